The van der Waals surface area contributed by atoms with Crippen molar-refractivity contribution in [3.05, 3.63) is 12.4 Å². The summed E-state index contributed by atoms with van der Waals surface area (Å²) in [6.07, 6.45) is 4.87. The van der Waals surface area contributed by atoms with Crippen LogP contribution in [0.25, 0.3) is 0 Å². The zero-order valence-electron chi connectivity index (χ0n) is 8.46. The van der Waals surface area contributed by atoms with E-state index in [9.17, 15) is 8.42 Å². The Balaban J connectivity index is 1.92. The summed E-state index contributed by atoms with van der Waals surface area (Å²) >= 11 is 0. The lowest BCUT2D eigenvalue weighted by Crippen LogP contribution is -2.26. The third kappa shape index (κ3) is 2.71. The number of aromatic nitrogens is 2. The predicted octanol–water partition coefficient (Wildman–Crippen LogP) is 0.290. The fraction of sp³-hybridized carbons (Fsp3) is 0.667. The third-order valence-electron chi connectivity index (χ3n) is 2.77. The second kappa shape index (κ2) is 3.84. The summed E-state index contributed by atoms with van der Waals surface area (Å²) in [6, 6.07) is 0. The Morgan fingerprint density at radius 1 is 1.47 bits per heavy atom. The molecule has 5 nitrogen and oxygen atoms in total. The van der Waals surface area contributed by atoms with Gasteiger partial charge in [0.2, 0.25) is 0 Å². The molecule has 0 aromatic carbocycles. The van der Waals surface area contributed by atoms with Gasteiger partial charge >= 0.3 is 0 Å². The van der Waals surface area contributed by atoms with Gasteiger partial charge in [-0.3, -0.25) is 4.68 Å². The summed E-state index contributed by atoms with van der Waals surface area (Å²) in [4.78, 5) is 0. The van der Waals surface area contributed by atoms with E-state index in [4.69, 9.17) is 5.73 Å². The van der Waals surface area contributed by atoms with Gasteiger partial charge in [0.05, 0.1) is 23.4 Å². The topological polar surface area (TPSA) is 78.0 Å². The van der Waals surface area contributed by atoms with Gasteiger partial charge < -0.3 is 5.73 Å². The van der Waals surface area contributed by atoms with Crippen LogP contribution in [0.15, 0.2) is 12.4 Å². The molecule has 0 aliphatic carbocycles. The molecule has 2 heterocycles. The van der Waals surface area contributed by atoms with Gasteiger partial charge in [-0.15, -0.1) is 0 Å². The highest BCUT2D eigenvalue weighted by molar-refractivity contribution is 7.91. The number of nitrogen functional groups attached to an aromatic ring is 1. The average molecular weight is 229 g/mol. The van der Waals surface area contributed by atoms with E-state index in [1.54, 1.807) is 17.1 Å². The molecule has 2 rings (SSSR count). The molecular formula is C9H15N3O2S. The summed E-state index contributed by atoms with van der Waals surface area (Å²) in [5, 5.41) is 4.09. The van der Waals surface area contributed by atoms with E-state index in [1.165, 1.54) is 0 Å². The molecule has 0 spiro atoms. The average Bonchev–Trinajstić information content (AvgIpc) is 2.55. The molecule has 0 radical (unpaired) electrons. The molecule has 2 N–H and O–H groups in total. The zero-order chi connectivity index (χ0) is 10.9. The smallest absolute Gasteiger partial charge is 0.150 e. The standard InChI is InChI=1S/C9H15N3O2S/c10-9-5-11-12(7-9)6-8-1-3-15(13,14)4-2-8/h5,7-8H,1-4,6,10H2. The van der Waals surface area contributed by atoms with Crippen LogP contribution in [-0.2, 0) is 16.4 Å². The predicted molar refractivity (Wildman–Crippen MR) is 58.0 cm³/mol. The van der Waals surface area contributed by atoms with Crippen molar-refractivity contribution >= 4 is 15.5 Å². The highest BCUT2D eigenvalue weighted by Crippen LogP contribution is 2.20. The third-order valence-corrected chi connectivity index (χ3v) is 4.49. The van der Waals surface area contributed by atoms with Crippen molar-refractivity contribution in [2.24, 2.45) is 5.92 Å². The number of sulfone groups is 1. The number of hydrogen-bond donors (Lipinski definition) is 1. The molecule has 6 heteroatoms. The Kier molecular flexibility index (Phi) is 2.68. The second-order valence-electron chi connectivity index (χ2n) is 4.09. The first kappa shape index (κ1) is 10.5. The first-order chi connectivity index (χ1) is 7.05. The first-order valence-corrected chi connectivity index (χ1v) is 6.86. The first-order valence-electron chi connectivity index (χ1n) is 5.03. The Labute approximate surface area is 89.2 Å². The minimum atomic E-state index is -2.76. The van der Waals surface area contributed by atoms with Gasteiger partial charge in [-0.1, -0.05) is 0 Å². The Morgan fingerprint density at radius 3 is 2.67 bits per heavy atom. The monoisotopic (exact) mass is 229 g/mol. The normalized spacial score (nSPS) is 21.6. The van der Waals surface area contributed by atoms with Crippen LogP contribution in [0, 0.1) is 5.92 Å². The molecule has 0 bridgehead atoms. The largest absolute Gasteiger partial charge is 0.396 e. The Hall–Kier alpha value is -1.04. The SMILES string of the molecule is Nc1cnn(CC2CCS(=O)(=O)CC2)c1. The Bertz CT molecular complexity index is 424. The van der Waals surface area contributed by atoms with Crippen LogP contribution in [0.1, 0.15) is 12.8 Å². The van der Waals surface area contributed by atoms with Crippen molar-refractivity contribution in [1.82, 2.24) is 9.78 Å². The summed E-state index contributed by atoms with van der Waals surface area (Å²) in [6.45, 7) is 0.771. The van der Waals surface area contributed by atoms with Gasteiger partial charge in [0.15, 0.2) is 0 Å². The quantitative estimate of drug-likeness (QED) is 0.790. The van der Waals surface area contributed by atoms with Gasteiger partial charge in [-0.05, 0) is 18.8 Å². The van der Waals surface area contributed by atoms with E-state index in [-0.39, 0.29) is 0 Å². The van der Waals surface area contributed by atoms with Crippen molar-refractivity contribution in [2.75, 3.05) is 17.2 Å². The van der Waals surface area contributed by atoms with E-state index in [0.29, 0.717) is 23.1 Å². The van der Waals surface area contributed by atoms with Crippen LogP contribution in [-0.4, -0.2) is 29.7 Å². The van der Waals surface area contributed by atoms with E-state index < -0.39 is 9.84 Å². The molecule has 1 aromatic heterocycles. The van der Waals surface area contributed by atoms with E-state index in [2.05, 4.69) is 5.10 Å². The summed E-state index contributed by atoms with van der Waals surface area (Å²) < 4.78 is 24.2. The molecule has 0 amide bonds. The van der Waals surface area contributed by atoms with Crippen LogP contribution in [0.5, 0.6) is 0 Å². The van der Waals surface area contributed by atoms with Crippen molar-refractivity contribution in [3.8, 4) is 0 Å². The van der Waals surface area contributed by atoms with Gasteiger partial charge in [-0.2, -0.15) is 5.10 Å². The fourth-order valence-corrected chi connectivity index (χ4v) is 3.45. The maximum Gasteiger partial charge on any atom is 0.150 e. The van der Waals surface area contributed by atoms with Crippen molar-refractivity contribution in [2.45, 2.75) is 19.4 Å². The van der Waals surface area contributed by atoms with Crippen LogP contribution in [0.3, 0.4) is 0 Å². The molecule has 1 aliphatic rings. The summed E-state index contributed by atoms with van der Waals surface area (Å²) in [7, 11) is -2.76. The number of hydrogen-bond acceptors (Lipinski definition) is 4. The molecule has 15 heavy (non-hydrogen) atoms. The number of rotatable bonds is 2. The van der Waals surface area contributed by atoms with Crippen LogP contribution in [0.4, 0.5) is 5.69 Å². The van der Waals surface area contributed by atoms with E-state index in [0.717, 1.165) is 19.4 Å². The number of nitrogens with two attached hydrogens (primary N) is 1. The van der Waals surface area contributed by atoms with Gasteiger partial charge in [0.1, 0.15) is 9.84 Å². The second-order valence-corrected chi connectivity index (χ2v) is 6.39. The van der Waals surface area contributed by atoms with Crippen LogP contribution < -0.4 is 5.73 Å². The molecular weight excluding hydrogens is 214 g/mol. The van der Waals surface area contributed by atoms with Crippen LogP contribution in [0.2, 0.25) is 0 Å². The molecule has 1 saturated heterocycles. The highest BCUT2D eigenvalue weighted by atomic mass is 32.2. The molecule has 0 unspecified atom stereocenters. The molecule has 0 saturated carbocycles. The van der Waals surface area contributed by atoms with Gasteiger partial charge in [0.25, 0.3) is 0 Å². The van der Waals surface area contributed by atoms with Crippen molar-refractivity contribution < 1.29 is 8.42 Å². The van der Waals surface area contributed by atoms with Crippen LogP contribution >= 0.6 is 0 Å². The zero-order valence-corrected chi connectivity index (χ0v) is 9.28. The minimum Gasteiger partial charge on any atom is -0.396 e. The molecule has 1 aromatic rings. The minimum absolute atomic E-state index is 0.314. The Morgan fingerprint density at radius 2 is 2.13 bits per heavy atom. The van der Waals surface area contributed by atoms with Crippen molar-refractivity contribution in [1.29, 1.82) is 0 Å². The molecule has 1 aliphatic heterocycles. The summed E-state index contributed by atoms with van der Waals surface area (Å²) in [5.41, 5.74) is 6.20. The lowest BCUT2D eigenvalue weighted by atomic mass is 10.0. The number of nitrogens with zero attached hydrogens (tertiary/aromatic N) is 2. The van der Waals surface area contributed by atoms with Gasteiger partial charge in [0, 0.05) is 12.7 Å². The maximum atomic E-state index is 11.2. The fourth-order valence-electron chi connectivity index (χ4n) is 1.87. The number of anilines is 1. The van der Waals surface area contributed by atoms with Crippen molar-refractivity contribution in [3.63, 3.8) is 0 Å². The maximum absolute atomic E-state index is 11.2. The molecule has 84 valence electrons. The highest BCUT2D eigenvalue weighted by Gasteiger charge is 2.23. The molecule has 0 atom stereocenters. The lowest BCUT2D eigenvalue weighted by Gasteiger charge is -2.21. The van der Waals surface area contributed by atoms with Gasteiger partial charge in [-0.25, -0.2) is 8.42 Å². The summed E-state index contributed by atoms with van der Waals surface area (Å²) in [5.74, 6) is 1.04. The lowest BCUT2D eigenvalue weighted by molar-refractivity contribution is 0.384. The van der Waals surface area contributed by atoms with E-state index >= 15 is 0 Å². The molecule has 1 fully saturated rings. The van der Waals surface area contributed by atoms with E-state index in [1.807, 2.05) is 0 Å².